The number of ketones is 1. The number of aryl methyl sites for hydroxylation is 1. The lowest BCUT2D eigenvalue weighted by Crippen LogP contribution is -2.29. The smallest absolute Gasteiger partial charge is 0.300 e. The highest BCUT2D eigenvalue weighted by Crippen LogP contribution is 2.46. The maximum Gasteiger partial charge on any atom is 0.300 e. The van der Waals surface area contributed by atoms with Crippen LogP contribution in [0.15, 0.2) is 59.5 Å². The quantitative estimate of drug-likeness (QED) is 0.278. The summed E-state index contributed by atoms with van der Waals surface area (Å²) < 4.78 is 19.6. The van der Waals surface area contributed by atoms with Crippen LogP contribution in [0.2, 0.25) is 0 Å². The number of ether oxygens (including phenoxy) is 1. The summed E-state index contributed by atoms with van der Waals surface area (Å²) in [5.74, 6) is -2.12. The molecule has 1 fully saturated rings. The molecule has 0 spiro atoms. The van der Waals surface area contributed by atoms with Crippen LogP contribution in [0.3, 0.4) is 0 Å². The van der Waals surface area contributed by atoms with Crippen molar-refractivity contribution in [2.75, 3.05) is 12.0 Å². The van der Waals surface area contributed by atoms with Crippen molar-refractivity contribution in [3.63, 3.8) is 0 Å². The first kappa shape index (κ1) is 23.7. The number of anilines is 1. The Morgan fingerprint density at radius 2 is 1.85 bits per heavy atom. The molecule has 2 heterocycles. The third kappa shape index (κ3) is 4.01. The normalized spacial score (nSPS) is 17.9. The lowest BCUT2D eigenvalue weighted by atomic mass is 9.85. The van der Waals surface area contributed by atoms with Gasteiger partial charge >= 0.3 is 0 Å². The van der Waals surface area contributed by atoms with E-state index in [-0.39, 0.29) is 22.4 Å². The summed E-state index contributed by atoms with van der Waals surface area (Å²) >= 11 is 1.37. The van der Waals surface area contributed by atoms with Gasteiger partial charge in [-0.2, -0.15) is 0 Å². The van der Waals surface area contributed by atoms with Crippen LogP contribution in [-0.2, 0) is 15.0 Å². The minimum Gasteiger partial charge on any atom is -0.507 e. The van der Waals surface area contributed by atoms with Crippen molar-refractivity contribution in [3.05, 3.63) is 86.9 Å². The van der Waals surface area contributed by atoms with Crippen molar-refractivity contribution in [3.8, 4) is 5.75 Å². The van der Waals surface area contributed by atoms with Gasteiger partial charge in [-0.05, 0) is 65.2 Å². The maximum absolute atomic E-state index is 14.1. The van der Waals surface area contributed by atoms with Crippen molar-refractivity contribution in [1.82, 2.24) is 0 Å². The summed E-state index contributed by atoms with van der Waals surface area (Å²) in [7, 11) is 1.48. The molecule has 1 aliphatic heterocycles. The van der Waals surface area contributed by atoms with Crippen molar-refractivity contribution in [1.29, 1.82) is 0 Å². The Kier molecular flexibility index (Phi) is 6.08. The molecule has 0 radical (unpaired) electrons. The Labute approximate surface area is 202 Å². The van der Waals surface area contributed by atoms with Gasteiger partial charge in [0, 0.05) is 10.6 Å². The second-order valence-corrected chi connectivity index (χ2v) is 10.2. The third-order valence-corrected chi connectivity index (χ3v) is 7.07. The number of carbonyl (C=O) groups excluding carboxylic acids is 2. The number of methoxy groups -OCH3 is 1. The number of hydrogen-bond donors (Lipinski definition) is 1. The number of aliphatic hydroxyl groups is 1. The lowest BCUT2D eigenvalue weighted by molar-refractivity contribution is -0.132. The molecule has 0 aliphatic carbocycles. The van der Waals surface area contributed by atoms with Gasteiger partial charge in [0.25, 0.3) is 11.7 Å². The Morgan fingerprint density at radius 3 is 2.44 bits per heavy atom. The standard InChI is InChI=1S/C27H26FNO4S/c1-15-11-12-34-25(15)22-21(24(31)26(32)29(22)18-8-6-7-17(28)14-18)23(30)19-13-16(27(2,3)4)9-10-20(19)33-5/h6-14,22,30H,1-5H3/b23-21+. The molecule has 0 saturated carbocycles. The predicted octanol–water partition coefficient (Wildman–Crippen LogP) is 6.13. The fraction of sp³-hybridized carbons (Fsp3) is 0.259. The van der Waals surface area contributed by atoms with E-state index in [1.165, 1.54) is 41.5 Å². The molecule has 1 N–H and O–H groups in total. The minimum absolute atomic E-state index is 0.0517. The number of Topliss-reactive ketones (excluding diaryl/α,β-unsaturated/α-hetero) is 1. The van der Waals surface area contributed by atoms with E-state index in [0.717, 1.165) is 16.0 Å². The molecule has 34 heavy (non-hydrogen) atoms. The molecule has 2 aromatic carbocycles. The number of carbonyl (C=O) groups is 2. The highest BCUT2D eigenvalue weighted by Gasteiger charge is 2.48. The second-order valence-electron chi connectivity index (χ2n) is 9.28. The van der Waals surface area contributed by atoms with Crippen molar-refractivity contribution >= 4 is 34.5 Å². The molecule has 4 rings (SSSR count). The molecule has 1 aromatic heterocycles. The molecule has 1 saturated heterocycles. The largest absolute Gasteiger partial charge is 0.507 e. The van der Waals surface area contributed by atoms with Crippen LogP contribution in [0.5, 0.6) is 5.75 Å². The fourth-order valence-corrected chi connectivity index (χ4v) is 5.17. The van der Waals surface area contributed by atoms with Gasteiger partial charge in [0.05, 0.1) is 18.2 Å². The first-order valence-corrected chi connectivity index (χ1v) is 11.7. The lowest BCUT2D eigenvalue weighted by Gasteiger charge is -2.25. The van der Waals surface area contributed by atoms with Crippen LogP contribution in [0.1, 0.15) is 48.4 Å². The van der Waals surface area contributed by atoms with E-state index >= 15 is 0 Å². The van der Waals surface area contributed by atoms with Crippen LogP contribution in [0.4, 0.5) is 10.1 Å². The first-order chi connectivity index (χ1) is 16.0. The molecule has 7 heteroatoms. The molecule has 176 valence electrons. The zero-order chi connectivity index (χ0) is 24.8. The summed E-state index contributed by atoms with van der Waals surface area (Å²) in [6, 6.07) is 11.9. The number of amides is 1. The Morgan fingerprint density at radius 1 is 1.12 bits per heavy atom. The predicted molar refractivity (Wildman–Crippen MR) is 132 cm³/mol. The average molecular weight is 480 g/mol. The maximum atomic E-state index is 14.1. The molecule has 1 atom stereocenters. The molecule has 1 unspecified atom stereocenters. The monoisotopic (exact) mass is 479 g/mol. The second kappa shape index (κ2) is 8.72. The van der Waals surface area contributed by atoms with E-state index in [1.54, 1.807) is 18.2 Å². The van der Waals surface area contributed by atoms with E-state index in [9.17, 15) is 19.1 Å². The van der Waals surface area contributed by atoms with Crippen LogP contribution in [-0.4, -0.2) is 23.9 Å². The zero-order valence-electron chi connectivity index (χ0n) is 19.7. The molecular weight excluding hydrogens is 453 g/mol. The first-order valence-electron chi connectivity index (χ1n) is 10.8. The van der Waals surface area contributed by atoms with E-state index in [0.29, 0.717) is 11.3 Å². The van der Waals surface area contributed by atoms with Gasteiger partial charge in [-0.1, -0.05) is 32.9 Å². The Bertz CT molecular complexity index is 1320. The molecular formula is C27H26FNO4S. The number of aliphatic hydroxyl groups excluding tert-OH is 1. The number of rotatable bonds is 4. The third-order valence-electron chi connectivity index (χ3n) is 6.00. The molecule has 5 nitrogen and oxygen atoms in total. The minimum atomic E-state index is -0.898. The van der Waals surface area contributed by atoms with Crippen molar-refractivity contribution in [2.24, 2.45) is 0 Å². The fourth-order valence-electron chi connectivity index (χ4n) is 4.14. The summed E-state index contributed by atoms with van der Waals surface area (Å²) in [5, 5.41) is 13.4. The van der Waals surface area contributed by atoms with E-state index in [1.807, 2.05) is 45.2 Å². The molecule has 1 aliphatic rings. The van der Waals surface area contributed by atoms with Crippen LogP contribution < -0.4 is 9.64 Å². The number of hydrogen-bond acceptors (Lipinski definition) is 5. The summed E-state index contributed by atoms with van der Waals surface area (Å²) in [6.45, 7) is 7.99. The summed E-state index contributed by atoms with van der Waals surface area (Å²) in [4.78, 5) is 28.6. The van der Waals surface area contributed by atoms with E-state index < -0.39 is 23.5 Å². The van der Waals surface area contributed by atoms with Crippen LogP contribution >= 0.6 is 11.3 Å². The van der Waals surface area contributed by atoms with Gasteiger partial charge in [-0.3, -0.25) is 14.5 Å². The van der Waals surface area contributed by atoms with Crippen molar-refractivity contribution < 1.29 is 23.8 Å². The number of nitrogens with zero attached hydrogens (tertiary/aromatic N) is 1. The SMILES string of the molecule is COc1ccc(C(C)(C)C)cc1/C(O)=C1\C(=O)C(=O)N(c2cccc(F)c2)C1c1sccc1C. The van der Waals surface area contributed by atoms with Crippen LogP contribution in [0.25, 0.3) is 5.76 Å². The van der Waals surface area contributed by atoms with Crippen molar-refractivity contribution in [2.45, 2.75) is 39.2 Å². The topological polar surface area (TPSA) is 66.8 Å². The number of benzene rings is 2. The van der Waals surface area contributed by atoms with Gasteiger partial charge in [-0.15, -0.1) is 11.3 Å². The zero-order valence-corrected chi connectivity index (χ0v) is 20.5. The highest BCUT2D eigenvalue weighted by atomic mass is 32.1. The average Bonchev–Trinajstić information content (AvgIpc) is 3.32. The molecule has 0 bridgehead atoms. The summed E-state index contributed by atoms with van der Waals surface area (Å²) in [5.41, 5.74) is 2.08. The van der Waals surface area contributed by atoms with Gasteiger partial charge in [0.1, 0.15) is 23.4 Å². The van der Waals surface area contributed by atoms with Gasteiger partial charge in [0.2, 0.25) is 0 Å². The van der Waals surface area contributed by atoms with Crippen LogP contribution in [0, 0.1) is 12.7 Å². The van der Waals surface area contributed by atoms with E-state index in [2.05, 4.69) is 0 Å². The van der Waals surface area contributed by atoms with Gasteiger partial charge < -0.3 is 9.84 Å². The summed E-state index contributed by atoms with van der Waals surface area (Å²) in [6.07, 6.45) is 0. The highest BCUT2D eigenvalue weighted by molar-refractivity contribution is 7.10. The Hall–Kier alpha value is -3.45. The number of thiophene rings is 1. The molecule has 3 aromatic rings. The van der Waals surface area contributed by atoms with Gasteiger partial charge in [0.15, 0.2) is 0 Å². The van der Waals surface area contributed by atoms with E-state index in [4.69, 9.17) is 4.74 Å². The number of halogens is 1. The Balaban J connectivity index is 2.00. The van der Waals surface area contributed by atoms with Gasteiger partial charge in [-0.25, -0.2) is 4.39 Å². The molecule has 1 amide bonds.